The number of nitrogens with zero attached hydrogens (tertiary/aromatic N) is 3. The molecule has 2 heterocycles. The molecule has 0 unspecified atom stereocenters. The summed E-state index contributed by atoms with van der Waals surface area (Å²) in [5.74, 6) is 1.22. The summed E-state index contributed by atoms with van der Waals surface area (Å²) in [6, 6.07) is 6.25. The summed E-state index contributed by atoms with van der Waals surface area (Å²) < 4.78 is 5.29. The molecule has 1 aromatic heterocycles. The third kappa shape index (κ3) is 2.53. The van der Waals surface area contributed by atoms with Gasteiger partial charge in [0.1, 0.15) is 0 Å². The molecule has 0 saturated carbocycles. The lowest BCUT2D eigenvalue weighted by Gasteiger charge is -2.18. The third-order valence-corrected chi connectivity index (χ3v) is 3.40. The first-order valence-corrected chi connectivity index (χ1v) is 6.53. The maximum atomic E-state index is 10.8. The predicted molar refractivity (Wildman–Crippen MR) is 71.2 cm³/mol. The molecular weight excluding hydrogens is 260 g/mol. The number of benzene rings is 1. The van der Waals surface area contributed by atoms with E-state index < -0.39 is 4.92 Å². The number of nitro benzene ring substituents is 1. The molecular formula is C13H14N4O3. The van der Waals surface area contributed by atoms with Gasteiger partial charge in [0, 0.05) is 24.2 Å². The predicted octanol–water partition coefficient (Wildman–Crippen LogP) is 2.11. The molecule has 0 spiro atoms. The van der Waals surface area contributed by atoms with Crippen LogP contribution in [0.15, 0.2) is 28.8 Å². The van der Waals surface area contributed by atoms with Crippen molar-refractivity contribution in [1.82, 2.24) is 15.5 Å². The number of aromatic nitrogens is 2. The summed E-state index contributed by atoms with van der Waals surface area (Å²) in [4.78, 5) is 14.7. The van der Waals surface area contributed by atoms with Crippen LogP contribution in [-0.4, -0.2) is 28.2 Å². The average Bonchev–Trinajstić information content (AvgIpc) is 2.98. The standard InChI is InChI=1S/C13H14N4O3/c18-17(19)11-5-1-3-9(7-11)12-15-13(20-16-12)10-4-2-6-14-8-10/h1,3,5,7,10,14H,2,4,6,8H2/t10-/m1/s1. The van der Waals surface area contributed by atoms with Crippen molar-refractivity contribution in [2.24, 2.45) is 0 Å². The summed E-state index contributed by atoms with van der Waals surface area (Å²) in [5, 5.41) is 18.0. The Morgan fingerprint density at radius 3 is 3.10 bits per heavy atom. The van der Waals surface area contributed by atoms with Gasteiger partial charge in [0.15, 0.2) is 0 Å². The van der Waals surface area contributed by atoms with E-state index in [1.54, 1.807) is 12.1 Å². The highest BCUT2D eigenvalue weighted by molar-refractivity contribution is 5.58. The number of nitro groups is 1. The summed E-state index contributed by atoms with van der Waals surface area (Å²) >= 11 is 0. The van der Waals surface area contributed by atoms with Gasteiger partial charge < -0.3 is 9.84 Å². The molecule has 1 saturated heterocycles. The zero-order chi connectivity index (χ0) is 13.9. The summed E-state index contributed by atoms with van der Waals surface area (Å²) in [6.45, 7) is 1.85. The van der Waals surface area contributed by atoms with E-state index in [0.717, 1.165) is 25.9 Å². The molecule has 1 aliphatic rings. The third-order valence-electron chi connectivity index (χ3n) is 3.40. The van der Waals surface area contributed by atoms with Crippen LogP contribution in [0.2, 0.25) is 0 Å². The van der Waals surface area contributed by atoms with Crippen LogP contribution >= 0.6 is 0 Å². The summed E-state index contributed by atoms with van der Waals surface area (Å²) in [7, 11) is 0. The van der Waals surface area contributed by atoms with Gasteiger partial charge in [-0.05, 0) is 19.4 Å². The van der Waals surface area contributed by atoms with Crippen LogP contribution in [0, 0.1) is 10.1 Å². The van der Waals surface area contributed by atoms with Gasteiger partial charge in [0.25, 0.3) is 5.69 Å². The van der Waals surface area contributed by atoms with E-state index in [1.807, 2.05) is 0 Å². The second-order valence-corrected chi connectivity index (χ2v) is 4.81. The van der Waals surface area contributed by atoms with Gasteiger partial charge in [-0.15, -0.1) is 0 Å². The second kappa shape index (κ2) is 5.38. The fourth-order valence-corrected chi connectivity index (χ4v) is 2.34. The number of piperidine rings is 1. The van der Waals surface area contributed by atoms with Crippen molar-refractivity contribution in [3.05, 3.63) is 40.3 Å². The number of rotatable bonds is 3. The van der Waals surface area contributed by atoms with Crippen LogP contribution in [0.25, 0.3) is 11.4 Å². The normalized spacial score (nSPS) is 18.9. The molecule has 7 nitrogen and oxygen atoms in total. The van der Waals surface area contributed by atoms with Gasteiger partial charge >= 0.3 is 0 Å². The minimum Gasteiger partial charge on any atom is -0.339 e. The fourth-order valence-electron chi connectivity index (χ4n) is 2.34. The van der Waals surface area contributed by atoms with Gasteiger partial charge in [0.2, 0.25) is 11.7 Å². The van der Waals surface area contributed by atoms with E-state index in [-0.39, 0.29) is 11.6 Å². The van der Waals surface area contributed by atoms with E-state index in [9.17, 15) is 10.1 Å². The highest BCUT2D eigenvalue weighted by Crippen LogP contribution is 2.26. The molecule has 0 amide bonds. The highest BCUT2D eigenvalue weighted by atomic mass is 16.6. The summed E-state index contributed by atoms with van der Waals surface area (Å²) in [6.07, 6.45) is 2.10. The molecule has 1 atom stereocenters. The van der Waals surface area contributed by atoms with Crippen molar-refractivity contribution in [2.75, 3.05) is 13.1 Å². The van der Waals surface area contributed by atoms with Crippen LogP contribution < -0.4 is 5.32 Å². The minimum atomic E-state index is -0.435. The molecule has 104 valence electrons. The van der Waals surface area contributed by atoms with Gasteiger partial charge in [-0.3, -0.25) is 10.1 Å². The van der Waals surface area contributed by atoms with Crippen molar-refractivity contribution < 1.29 is 9.45 Å². The van der Waals surface area contributed by atoms with Gasteiger partial charge in [-0.1, -0.05) is 17.3 Å². The first-order chi connectivity index (χ1) is 9.74. The molecule has 7 heteroatoms. The molecule has 3 rings (SSSR count). The Bertz CT molecular complexity index is 620. The van der Waals surface area contributed by atoms with Crippen LogP contribution in [-0.2, 0) is 0 Å². The van der Waals surface area contributed by atoms with Crippen molar-refractivity contribution in [1.29, 1.82) is 0 Å². The fraction of sp³-hybridized carbons (Fsp3) is 0.385. The first kappa shape index (κ1) is 12.7. The molecule has 2 aromatic rings. The lowest BCUT2D eigenvalue weighted by Crippen LogP contribution is -2.28. The molecule has 0 radical (unpaired) electrons. The maximum Gasteiger partial charge on any atom is 0.270 e. The zero-order valence-corrected chi connectivity index (χ0v) is 10.8. The Kier molecular flexibility index (Phi) is 3.42. The van der Waals surface area contributed by atoms with Crippen LogP contribution in [0.3, 0.4) is 0 Å². The first-order valence-electron chi connectivity index (χ1n) is 6.53. The lowest BCUT2D eigenvalue weighted by atomic mass is 10.00. The SMILES string of the molecule is O=[N+]([O-])c1cccc(-c2noc([C@@H]3CCCNC3)n2)c1. The Labute approximate surface area is 115 Å². The van der Waals surface area contributed by atoms with Crippen molar-refractivity contribution in [3.8, 4) is 11.4 Å². The molecule has 0 aliphatic carbocycles. The van der Waals surface area contributed by atoms with E-state index in [2.05, 4.69) is 15.5 Å². The van der Waals surface area contributed by atoms with E-state index in [0.29, 0.717) is 17.3 Å². The van der Waals surface area contributed by atoms with Gasteiger partial charge in [-0.25, -0.2) is 0 Å². The van der Waals surface area contributed by atoms with E-state index in [4.69, 9.17) is 4.52 Å². The smallest absolute Gasteiger partial charge is 0.270 e. The van der Waals surface area contributed by atoms with Crippen molar-refractivity contribution in [2.45, 2.75) is 18.8 Å². The lowest BCUT2D eigenvalue weighted by molar-refractivity contribution is -0.384. The quantitative estimate of drug-likeness (QED) is 0.680. The number of non-ortho nitro benzene ring substituents is 1. The molecule has 20 heavy (non-hydrogen) atoms. The Balaban J connectivity index is 1.85. The minimum absolute atomic E-state index is 0.0215. The van der Waals surface area contributed by atoms with E-state index in [1.165, 1.54) is 12.1 Å². The Hall–Kier alpha value is -2.28. The molecule has 0 bridgehead atoms. The largest absolute Gasteiger partial charge is 0.339 e. The topological polar surface area (TPSA) is 94.1 Å². The number of nitrogens with one attached hydrogen (secondary N) is 1. The average molecular weight is 274 g/mol. The number of hydrogen-bond donors (Lipinski definition) is 1. The number of hydrogen-bond acceptors (Lipinski definition) is 6. The van der Waals surface area contributed by atoms with Gasteiger partial charge in [0.05, 0.1) is 10.8 Å². The van der Waals surface area contributed by atoms with E-state index >= 15 is 0 Å². The van der Waals surface area contributed by atoms with Crippen LogP contribution in [0.4, 0.5) is 5.69 Å². The molecule has 1 fully saturated rings. The Morgan fingerprint density at radius 2 is 2.35 bits per heavy atom. The zero-order valence-electron chi connectivity index (χ0n) is 10.8. The second-order valence-electron chi connectivity index (χ2n) is 4.81. The molecule has 1 N–H and O–H groups in total. The van der Waals surface area contributed by atoms with Crippen molar-refractivity contribution in [3.63, 3.8) is 0 Å². The van der Waals surface area contributed by atoms with Crippen LogP contribution in [0.5, 0.6) is 0 Å². The van der Waals surface area contributed by atoms with Crippen LogP contribution in [0.1, 0.15) is 24.7 Å². The molecule has 1 aliphatic heterocycles. The Morgan fingerprint density at radius 1 is 1.45 bits per heavy atom. The molecule has 1 aromatic carbocycles. The summed E-state index contributed by atoms with van der Waals surface area (Å²) in [5.41, 5.74) is 0.617. The van der Waals surface area contributed by atoms with Crippen molar-refractivity contribution >= 4 is 5.69 Å². The highest BCUT2D eigenvalue weighted by Gasteiger charge is 2.22. The monoisotopic (exact) mass is 274 g/mol. The van der Waals surface area contributed by atoms with Gasteiger partial charge in [-0.2, -0.15) is 4.98 Å². The maximum absolute atomic E-state index is 10.8.